The number of amides is 1. The van der Waals surface area contributed by atoms with Crippen molar-refractivity contribution in [2.45, 2.75) is 13.0 Å². The third-order valence-corrected chi connectivity index (χ3v) is 6.51. The number of methoxy groups -OCH3 is 1. The zero-order valence-electron chi connectivity index (χ0n) is 18.5. The van der Waals surface area contributed by atoms with Gasteiger partial charge in [0.05, 0.1) is 35.2 Å². The van der Waals surface area contributed by atoms with Gasteiger partial charge < -0.3 is 14.5 Å². The Bertz CT molecular complexity index is 1560. The average molecular weight is 472 g/mol. The smallest absolute Gasteiger partial charge is 0.271 e. The molecule has 2 aromatic carbocycles. The average Bonchev–Trinajstić information content (AvgIpc) is 3.47. The van der Waals surface area contributed by atoms with Crippen molar-refractivity contribution in [2.75, 3.05) is 12.4 Å². The Labute approximate surface area is 199 Å². The maximum atomic E-state index is 13.6. The molecule has 8 heteroatoms. The zero-order valence-corrected chi connectivity index (χ0v) is 19.3. The molecule has 0 bridgehead atoms. The summed E-state index contributed by atoms with van der Waals surface area (Å²) in [5.41, 5.74) is 2.11. The molecule has 0 saturated carbocycles. The van der Waals surface area contributed by atoms with E-state index in [4.69, 9.17) is 9.15 Å². The van der Waals surface area contributed by atoms with Gasteiger partial charge in [0, 0.05) is 11.8 Å². The molecule has 3 heterocycles. The predicted molar refractivity (Wildman–Crippen MR) is 131 cm³/mol. The van der Waals surface area contributed by atoms with Gasteiger partial charge in [-0.1, -0.05) is 41.7 Å². The standard InChI is InChI=1S/C26H21N3O4S/c1-16-22(24(30)28-18-9-4-3-5-10-18)23(17-8-6-11-19(14-17)32-2)29-25(31)21(34-26(29)27-16)15-20-12-7-13-33-20/h3-15,23H,1-2H3,(H,28,30)/b21-15-/t23-/m0/s1. The Morgan fingerprint density at radius 1 is 1.15 bits per heavy atom. The summed E-state index contributed by atoms with van der Waals surface area (Å²) in [7, 11) is 1.58. The van der Waals surface area contributed by atoms with Gasteiger partial charge in [0.25, 0.3) is 11.5 Å². The van der Waals surface area contributed by atoms with Crippen LogP contribution in [0.5, 0.6) is 5.75 Å². The second-order valence-electron chi connectivity index (χ2n) is 7.69. The molecule has 1 aliphatic heterocycles. The molecule has 5 rings (SSSR count). The first-order valence-corrected chi connectivity index (χ1v) is 11.4. The van der Waals surface area contributed by atoms with E-state index >= 15 is 0 Å². The number of thiazole rings is 1. The Hall–Kier alpha value is -4.17. The van der Waals surface area contributed by atoms with Crippen LogP contribution in [0.1, 0.15) is 24.3 Å². The van der Waals surface area contributed by atoms with Crippen LogP contribution in [0.25, 0.3) is 6.08 Å². The molecule has 7 nitrogen and oxygen atoms in total. The van der Waals surface area contributed by atoms with Gasteiger partial charge in [-0.2, -0.15) is 0 Å². The summed E-state index contributed by atoms with van der Waals surface area (Å²) >= 11 is 1.26. The molecule has 1 aliphatic rings. The number of carbonyl (C=O) groups is 1. The van der Waals surface area contributed by atoms with Crippen molar-refractivity contribution in [1.29, 1.82) is 0 Å². The van der Waals surface area contributed by atoms with Crippen LogP contribution in [0.3, 0.4) is 0 Å². The lowest BCUT2D eigenvalue weighted by molar-refractivity contribution is -0.113. The molecule has 0 unspecified atom stereocenters. The van der Waals surface area contributed by atoms with Crippen molar-refractivity contribution in [1.82, 2.24) is 4.57 Å². The molecule has 0 saturated heterocycles. The summed E-state index contributed by atoms with van der Waals surface area (Å²) in [6.07, 6.45) is 3.24. The van der Waals surface area contributed by atoms with Crippen LogP contribution in [0.2, 0.25) is 0 Å². The van der Waals surface area contributed by atoms with Crippen LogP contribution in [-0.2, 0) is 4.79 Å². The number of fused-ring (bicyclic) bond motifs is 1. The molecule has 1 atom stereocenters. The highest BCUT2D eigenvalue weighted by molar-refractivity contribution is 7.07. The van der Waals surface area contributed by atoms with Gasteiger partial charge in [-0.25, -0.2) is 4.99 Å². The first-order valence-electron chi connectivity index (χ1n) is 10.6. The number of anilines is 1. The first kappa shape index (κ1) is 21.7. The molecule has 1 N–H and O–H groups in total. The highest BCUT2D eigenvalue weighted by Crippen LogP contribution is 2.32. The molecule has 2 aromatic heterocycles. The van der Waals surface area contributed by atoms with Crippen LogP contribution in [0.4, 0.5) is 5.69 Å². The quantitative estimate of drug-likeness (QED) is 0.483. The minimum absolute atomic E-state index is 0.245. The lowest BCUT2D eigenvalue weighted by Gasteiger charge is -2.25. The lowest BCUT2D eigenvalue weighted by atomic mass is 9.95. The predicted octanol–water partition coefficient (Wildman–Crippen LogP) is 3.48. The summed E-state index contributed by atoms with van der Waals surface area (Å²) < 4.78 is 12.9. The minimum Gasteiger partial charge on any atom is -0.497 e. The van der Waals surface area contributed by atoms with Crippen molar-refractivity contribution in [2.24, 2.45) is 4.99 Å². The van der Waals surface area contributed by atoms with Crippen molar-refractivity contribution >= 4 is 29.0 Å². The van der Waals surface area contributed by atoms with Crippen molar-refractivity contribution in [3.8, 4) is 5.75 Å². The fraction of sp³-hybridized carbons (Fsp3) is 0.115. The van der Waals surface area contributed by atoms with Gasteiger partial charge in [0.1, 0.15) is 11.5 Å². The monoisotopic (exact) mass is 471 g/mol. The van der Waals surface area contributed by atoms with E-state index in [0.29, 0.717) is 37.8 Å². The number of benzene rings is 2. The molecule has 34 heavy (non-hydrogen) atoms. The van der Waals surface area contributed by atoms with Gasteiger partial charge in [-0.05, 0) is 48.9 Å². The van der Waals surface area contributed by atoms with E-state index in [1.165, 1.54) is 11.3 Å². The second kappa shape index (κ2) is 8.99. The molecular formula is C26H21N3O4S. The van der Waals surface area contributed by atoms with E-state index < -0.39 is 6.04 Å². The third kappa shape index (κ3) is 3.99. The maximum absolute atomic E-state index is 13.6. The Morgan fingerprint density at radius 3 is 2.71 bits per heavy atom. The molecule has 0 spiro atoms. The SMILES string of the molecule is COc1cccc([C@H]2C(C(=O)Nc3ccccc3)=C(C)N=c3s/c(=C\c4ccco4)c(=O)n32)c1. The number of nitrogens with one attached hydrogen (secondary N) is 1. The number of allylic oxidation sites excluding steroid dienone is 1. The minimum atomic E-state index is -0.672. The van der Waals surface area contributed by atoms with Crippen molar-refractivity contribution in [3.63, 3.8) is 0 Å². The third-order valence-electron chi connectivity index (χ3n) is 5.52. The van der Waals surface area contributed by atoms with Crippen LogP contribution in [0.15, 0.2) is 98.5 Å². The van der Waals surface area contributed by atoms with Crippen LogP contribution >= 0.6 is 11.3 Å². The molecule has 4 aromatic rings. The maximum Gasteiger partial charge on any atom is 0.271 e. The van der Waals surface area contributed by atoms with Gasteiger partial charge >= 0.3 is 0 Å². The van der Waals surface area contributed by atoms with Crippen molar-refractivity contribution < 1.29 is 13.9 Å². The van der Waals surface area contributed by atoms with Gasteiger partial charge in [-0.15, -0.1) is 0 Å². The van der Waals surface area contributed by atoms with Crippen LogP contribution in [0, 0.1) is 0 Å². The number of rotatable bonds is 5. The number of nitrogens with zero attached hydrogens (tertiary/aromatic N) is 2. The van der Waals surface area contributed by atoms with Crippen molar-refractivity contribution in [3.05, 3.63) is 115 Å². The summed E-state index contributed by atoms with van der Waals surface area (Å²) in [5.74, 6) is 0.884. The molecule has 0 radical (unpaired) electrons. The van der Waals surface area contributed by atoms with E-state index in [9.17, 15) is 9.59 Å². The molecule has 0 aliphatic carbocycles. The van der Waals surface area contributed by atoms with E-state index in [1.54, 1.807) is 43.1 Å². The Morgan fingerprint density at radius 2 is 1.97 bits per heavy atom. The topological polar surface area (TPSA) is 85.8 Å². The van der Waals surface area contributed by atoms with E-state index in [-0.39, 0.29) is 11.5 Å². The Balaban J connectivity index is 1.70. The van der Waals surface area contributed by atoms with Crippen LogP contribution < -0.4 is 24.9 Å². The highest BCUT2D eigenvalue weighted by atomic mass is 32.1. The van der Waals surface area contributed by atoms with E-state index in [0.717, 1.165) is 5.56 Å². The largest absolute Gasteiger partial charge is 0.497 e. The molecular weight excluding hydrogens is 450 g/mol. The number of para-hydroxylation sites is 1. The lowest BCUT2D eigenvalue weighted by Crippen LogP contribution is -2.40. The number of aromatic nitrogens is 1. The fourth-order valence-corrected chi connectivity index (χ4v) is 4.99. The molecule has 170 valence electrons. The number of hydrogen-bond acceptors (Lipinski definition) is 6. The number of furan rings is 1. The Kier molecular flexibility index (Phi) is 5.73. The summed E-state index contributed by atoms with van der Waals surface area (Å²) in [4.78, 5) is 32.2. The summed E-state index contributed by atoms with van der Waals surface area (Å²) in [5, 5.41) is 2.94. The number of carbonyl (C=O) groups excluding carboxylic acids is 1. The van der Waals surface area contributed by atoms with Gasteiger partial charge in [0.15, 0.2) is 4.80 Å². The zero-order chi connectivity index (χ0) is 23.7. The van der Waals surface area contributed by atoms with Gasteiger partial charge in [-0.3, -0.25) is 14.2 Å². The second-order valence-corrected chi connectivity index (χ2v) is 8.70. The summed E-state index contributed by atoms with van der Waals surface area (Å²) in [6, 6.07) is 19.4. The molecule has 1 amide bonds. The van der Waals surface area contributed by atoms with Gasteiger partial charge in [0.2, 0.25) is 0 Å². The first-order chi connectivity index (χ1) is 16.5. The van der Waals surface area contributed by atoms with Crippen LogP contribution in [-0.4, -0.2) is 17.6 Å². The van der Waals surface area contributed by atoms with E-state index in [1.807, 2.05) is 54.6 Å². The number of hydrogen-bond donors (Lipinski definition) is 1. The molecule has 0 fully saturated rings. The normalized spacial score (nSPS) is 15.6. The fourth-order valence-electron chi connectivity index (χ4n) is 3.96. The highest BCUT2D eigenvalue weighted by Gasteiger charge is 2.32. The summed E-state index contributed by atoms with van der Waals surface area (Å²) in [6.45, 7) is 1.79. The number of ether oxygens (including phenoxy) is 1. The van der Waals surface area contributed by atoms with E-state index in [2.05, 4.69) is 10.3 Å².